The maximum absolute atomic E-state index is 8.94. The van der Waals surface area contributed by atoms with Crippen LogP contribution in [0.25, 0.3) is 0 Å². The van der Waals surface area contributed by atoms with E-state index in [1.54, 1.807) is 0 Å². The van der Waals surface area contributed by atoms with Gasteiger partial charge in [0.1, 0.15) is 11.9 Å². The molecule has 1 rings (SSSR count). The Kier molecular flexibility index (Phi) is 4.43. The van der Waals surface area contributed by atoms with E-state index in [9.17, 15) is 0 Å². The Labute approximate surface area is 84.0 Å². The lowest BCUT2D eigenvalue weighted by atomic mass is 10.2. The lowest BCUT2D eigenvalue weighted by Crippen LogP contribution is -2.22. The molecular weight excluding hydrogens is 180 g/mol. The van der Waals surface area contributed by atoms with Crippen molar-refractivity contribution in [1.29, 1.82) is 0 Å². The molecule has 0 aromatic heterocycles. The quantitative estimate of drug-likeness (QED) is 0.742. The molecular formula is C11H16O3. The van der Waals surface area contributed by atoms with Crippen molar-refractivity contribution in [3.8, 4) is 5.75 Å². The van der Waals surface area contributed by atoms with Crippen molar-refractivity contribution >= 4 is 0 Å². The summed E-state index contributed by atoms with van der Waals surface area (Å²) in [7, 11) is 0. The molecule has 0 saturated heterocycles. The van der Waals surface area contributed by atoms with Gasteiger partial charge in [0.25, 0.3) is 0 Å². The third-order valence-corrected chi connectivity index (χ3v) is 1.98. The minimum Gasteiger partial charge on any atom is -0.488 e. The van der Waals surface area contributed by atoms with Crippen LogP contribution in [0.2, 0.25) is 0 Å². The van der Waals surface area contributed by atoms with Gasteiger partial charge >= 0.3 is 0 Å². The van der Waals surface area contributed by atoms with Crippen molar-refractivity contribution in [3.63, 3.8) is 0 Å². The Hall–Kier alpha value is -1.06. The van der Waals surface area contributed by atoms with E-state index in [0.717, 1.165) is 5.75 Å². The number of ether oxygens (including phenoxy) is 1. The fourth-order valence-electron chi connectivity index (χ4n) is 1.14. The van der Waals surface area contributed by atoms with Crippen LogP contribution in [0.1, 0.15) is 12.0 Å². The normalized spacial score (nSPS) is 12.5. The van der Waals surface area contributed by atoms with Gasteiger partial charge < -0.3 is 14.9 Å². The first-order valence-corrected chi connectivity index (χ1v) is 4.71. The molecule has 0 fully saturated rings. The largest absolute Gasteiger partial charge is 0.488 e. The van der Waals surface area contributed by atoms with Gasteiger partial charge in [-0.2, -0.15) is 0 Å². The average Bonchev–Trinajstić information content (AvgIpc) is 2.20. The highest BCUT2D eigenvalue weighted by molar-refractivity contribution is 5.26. The molecule has 1 aromatic carbocycles. The lowest BCUT2D eigenvalue weighted by Gasteiger charge is -2.15. The SMILES string of the molecule is Cc1ccc(OC(CO)CCO)cc1. The van der Waals surface area contributed by atoms with Crippen molar-refractivity contribution in [2.45, 2.75) is 19.4 Å². The second-order valence-electron chi connectivity index (χ2n) is 3.25. The van der Waals surface area contributed by atoms with Crippen LogP contribution in [0.15, 0.2) is 24.3 Å². The van der Waals surface area contributed by atoms with Crippen molar-refractivity contribution in [2.75, 3.05) is 13.2 Å². The van der Waals surface area contributed by atoms with Gasteiger partial charge in [0.2, 0.25) is 0 Å². The highest BCUT2D eigenvalue weighted by Gasteiger charge is 2.07. The summed E-state index contributed by atoms with van der Waals surface area (Å²) in [5.41, 5.74) is 1.17. The second-order valence-corrected chi connectivity index (χ2v) is 3.25. The van der Waals surface area contributed by atoms with Crippen LogP contribution in [-0.2, 0) is 0 Å². The molecule has 0 amide bonds. The van der Waals surface area contributed by atoms with Crippen molar-refractivity contribution in [3.05, 3.63) is 29.8 Å². The molecule has 78 valence electrons. The smallest absolute Gasteiger partial charge is 0.124 e. The third kappa shape index (κ3) is 3.36. The zero-order valence-electron chi connectivity index (χ0n) is 8.31. The fourth-order valence-corrected chi connectivity index (χ4v) is 1.14. The molecule has 0 radical (unpaired) electrons. The highest BCUT2D eigenvalue weighted by atomic mass is 16.5. The molecule has 1 unspecified atom stereocenters. The number of aliphatic hydroxyl groups is 2. The van der Waals surface area contributed by atoms with Gasteiger partial charge in [-0.05, 0) is 19.1 Å². The lowest BCUT2D eigenvalue weighted by molar-refractivity contribution is 0.0906. The molecule has 0 heterocycles. The van der Waals surface area contributed by atoms with Gasteiger partial charge in [-0.1, -0.05) is 17.7 Å². The molecule has 1 atom stereocenters. The Morgan fingerprint density at radius 1 is 1.21 bits per heavy atom. The average molecular weight is 196 g/mol. The minimum atomic E-state index is -0.317. The van der Waals surface area contributed by atoms with Crippen LogP contribution in [-0.4, -0.2) is 29.5 Å². The summed E-state index contributed by atoms with van der Waals surface area (Å²) in [6.07, 6.45) is 0.132. The first-order valence-electron chi connectivity index (χ1n) is 4.71. The molecule has 3 heteroatoms. The van der Waals surface area contributed by atoms with Gasteiger partial charge in [0, 0.05) is 13.0 Å². The number of hydrogen-bond acceptors (Lipinski definition) is 3. The van der Waals surface area contributed by atoms with E-state index in [-0.39, 0.29) is 19.3 Å². The summed E-state index contributed by atoms with van der Waals surface area (Å²) >= 11 is 0. The molecule has 3 nitrogen and oxygen atoms in total. The highest BCUT2D eigenvalue weighted by Crippen LogP contribution is 2.14. The van der Waals surface area contributed by atoms with E-state index < -0.39 is 0 Å². The van der Waals surface area contributed by atoms with Crippen LogP contribution in [0.5, 0.6) is 5.75 Å². The second kappa shape index (κ2) is 5.62. The first kappa shape index (κ1) is 11.0. The zero-order chi connectivity index (χ0) is 10.4. The summed E-state index contributed by atoms with van der Waals surface area (Å²) in [4.78, 5) is 0. The molecule has 14 heavy (non-hydrogen) atoms. The number of rotatable bonds is 5. The minimum absolute atomic E-state index is 0.0249. The summed E-state index contributed by atoms with van der Waals surface area (Å²) in [6, 6.07) is 7.61. The van der Waals surface area contributed by atoms with E-state index in [2.05, 4.69) is 0 Å². The molecule has 0 aliphatic rings. The molecule has 0 spiro atoms. The summed E-state index contributed by atoms with van der Waals surface area (Å²) in [5.74, 6) is 0.725. The monoisotopic (exact) mass is 196 g/mol. The maximum Gasteiger partial charge on any atom is 0.124 e. The number of aliphatic hydroxyl groups excluding tert-OH is 2. The Morgan fingerprint density at radius 3 is 2.36 bits per heavy atom. The predicted octanol–water partition coefficient (Wildman–Crippen LogP) is 1.12. The molecule has 0 aliphatic carbocycles. The first-order chi connectivity index (χ1) is 6.76. The van der Waals surface area contributed by atoms with E-state index in [1.807, 2.05) is 31.2 Å². The Bertz CT molecular complexity index is 256. The van der Waals surface area contributed by atoms with E-state index in [0.29, 0.717) is 6.42 Å². The van der Waals surface area contributed by atoms with Gasteiger partial charge in [-0.25, -0.2) is 0 Å². The summed E-state index contributed by atoms with van der Waals surface area (Å²) < 4.78 is 5.45. The van der Waals surface area contributed by atoms with Gasteiger partial charge in [0.05, 0.1) is 6.61 Å². The number of aryl methyl sites for hydroxylation is 1. The Balaban J connectivity index is 2.53. The van der Waals surface area contributed by atoms with Gasteiger partial charge in [-0.3, -0.25) is 0 Å². The number of hydrogen-bond donors (Lipinski definition) is 2. The zero-order valence-corrected chi connectivity index (χ0v) is 8.31. The van der Waals surface area contributed by atoms with Crippen LogP contribution >= 0.6 is 0 Å². The van der Waals surface area contributed by atoms with Crippen molar-refractivity contribution in [2.24, 2.45) is 0 Å². The fraction of sp³-hybridized carbons (Fsp3) is 0.455. The third-order valence-electron chi connectivity index (χ3n) is 1.98. The summed E-state index contributed by atoms with van der Waals surface area (Å²) in [6.45, 7) is 1.95. The van der Waals surface area contributed by atoms with E-state index in [4.69, 9.17) is 14.9 Å². The maximum atomic E-state index is 8.94. The summed E-state index contributed by atoms with van der Waals surface area (Å²) in [5, 5.41) is 17.6. The molecule has 0 aliphatic heterocycles. The van der Waals surface area contributed by atoms with Crippen LogP contribution in [0.4, 0.5) is 0 Å². The Morgan fingerprint density at radius 2 is 1.86 bits per heavy atom. The van der Waals surface area contributed by atoms with Gasteiger partial charge in [-0.15, -0.1) is 0 Å². The van der Waals surface area contributed by atoms with Crippen molar-refractivity contribution in [1.82, 2.24) is 0 Å². The topological polar surface area (TPSA) is 49.7 Å². The van der Waals surface area contributed by atoms with Crippen LogP contribution in [0, 0.1) is 6.92 Å². The predicted molar refractivity (Wildman–Crippen MR) is 54.4 cm³/mol. The van der Waals surface area contributed by atoms with Crippen LogP contribution < -0.4 is 4.74 Å². The van der Waals surface area contributed by atoms with E-state index >= 15 is 0 Å². The molecule has 1 aromatic rings. The standard InChI is InChI=1S/C11H16O3/c1-9-2-4-10(5-3-9)14-11(8-13)6-7-12/h2-5,11-13H,6-8H2,1H3. The molecule has 2 N–H and O–H groups in total. The van der Waals surface area contributed by atoms with Gasteiger partial charge in [0.15, 0.2) is 0 Å². The number of benzene rings is 1. The van der Waals surface area contributed by atoms with Crippen molar-refractivity contribution < 1.29 is 14.9 Å². The van der Waals surface area contributed by atoms with E-state index in [1.165, 1.54) is 5.56 Å². The van der Waals surface area contributed by atoms with Crippen LogP contribution in [0.3, 0.4) is 0 Å². The molecule has 0 bridgehead atoms. The molecule has 0 saturated carbocycles.